The van der Waals surface area contributed by atoms with Gasteiger partial charge in [0.1, 0.15) is 5.75 Å². The molecule has 5 nitrogen and oxygen atoms in total. The highest BCUT2D eigenvalue weighted by atomic mass is 16.5. The predicted octanol–water partition coefficient (Wildman–Crippen LogP) is 1.39. The zero-order valence-corrected chi connectivity index (χ0v) is 13.5. The Morgan fingerprint density at radius 2 is 2.14 bits per heavy atom. The van der Waals surface area contributed by atoms with Crippen LogP contribution in [0.1, 0.15) is 18.1 Å². The summed E-state index contributed by atoms with van der Waals surface area (Å²) >= 11 is 0. The van der Waals surface area contributed by atoms with Crippen LogP contribution < -0.4 is 15.6 Å². The number of hydrogen-bond donors (Lipinski definition) is 2. The van der Waals surface area contributed by atoms with E-state index >= 15 is 0 Å². The molecule has 2 rings (SSSR count). The minimum absolute atomic E-state index is 0.521. The van der Waals surface area contributed by atoms with Gasteiger partial charge in [0.25, 0.3) is 0 Å². The molecule has 0 aromatic heterocycles. The molecule has 1 aliphatic rings. The summed E-state index contributed by atoms with van der Waals surface area (Å²) in [5.74, 6) is 1.53. The Kier molecular flexibility index (Phi) is 5.99. The van der Waals surface area contributed by atoms with Crippen molar-refractivity contribution in [2.75, 3.05) is 34.4 Å². The first kappa shape index (κ1) is 16.2. The molecule has 118 valence electrons. The molecule has 1 heterocycles. The Hall–Kier alpha value is -1.14. The number of hydrazine groups is 1. The smallest absolute Gasteiger partial charge is 0.124 e. The molecule has 2 atom stereocenters. The van der Waals surface area contributed by atoms with Gasteiger partial charge in [-0.25, -0.2) is 0 Å². The normalized spacial score (nSPS) is 22.0. The van der Waals surface area contributed by atoms with Crippen molar-refractivity contribution in [1.29, 1.82) is 0 Å². The largest absolute Gasteiger partial charge is 0.496 e. The SMILES string of the molecule is COCc1cc(CN(C)CC2CNNC2C)ccc1OC. The molecule has 5 heteroatoms. The van der Waals surface area contributed by atoms with Crippen LogP contribution in [0.15, 0.2) is 18.2 Å². The van der Waals surface area contributed by atoms with Crippen molar-refractivity contribution in [2.24, 2.45) is 5.92 Å². The van der Waals surface area contributed by atoms with Crippen LogP contribution in [0.25, 0.3) is 0 Å². The molecule has 1 fully saturated rings. The highest BCUT2D eigenvalue weighted by Crippen LogP contribution is 2.21. The molecule has 0 radical (unpaired) electrons. The highest BCUT2D eigenvalue weighted by Gasteiger charge is 2.23. The van der Waals surface area contributed by atoms with Crippen molar-refractivity contribution < 1.29 is 9.47 Å². The summed E-state index contributed by atoms with van der Waals surface area (Å²) in [6.07, 6.45) is 0. The summed E-state index contributed by atoms with van der Waals surface area (Å²) in [7, 11) is 5.58. The first-order valence-electron chi connectivity index (χ1n) is 7.45. The fourth-order valence-electron chi connectivity index (χ4n) is 2.84. The van der Waals surface area contributed by atoms with Gasteiger partial charge in [-0.15, -0.1) is 0 Å². The van der Waals surface area contributed by atoms with E-state index in [-0.39, 0.29) is 0 Å². The first-order chi connectivity index (χ1) is 10.1. The Morgan fingerprint density at radius 1 is 1.33 bits per heavy atom. The van der Waals surface area contributed by atoms with Gasteiger partial charge in [0.15, 0.2) is 0 Å². The zero-order chi connectivity index (χ0) is 15.2. The topological polar surface area (TPSA) is 45.8 Å². The molecule has 0 spiro atoms. The minimum atomic E-state index is 0.521. The summed E-state index contributed by atoms with van der Waals surface area (Å²) in [4.78, 5) is 2.37. The second-order valence-corrected chi connectivity index (χ2v) is 5.85. The molecule has 1 aromatic carbocycles. The summed E-state index contributed by atoms with van der Waals surface area (Å²) in [6.45, 7) is 5.84. The Labute approximate surface area is 127 Å². The standard InChI is InChI=1S/C16H27N3O2/c1-12-15(8-17-18-12)10-19(2)9-13-5-6-16(21-4)14(7-13)11-20-3/h5-7,12,15,17-18H,8-11H2,1-4H3. The van der Waals surface area contributed by atoms with Crippen molar-refractivity contribution in [1.82, 2.24) is 15.8 Å². The third-order valence-electron chi connectivity index (χ3n) is 4.04. The summed E-state index contributed by atoms with van der Waals surface area (Å²) in [5, 5.41) is 0. The van der Waals surface area contributed by atoms with Gasteiger partial charge >= 0.3 is 0 Å². The summed E-state index contributed by atoms with van der Waals surface area (Å²) in [6, 6.07) is 6.85. The molecule has 0 saturated carbocycles. The summed E-state index contributed by atoms with van der Waals surface area (Å²) in [5.41, 5.74) is 8.88. The molecular formula is C16H27N3O2. The van der Waals surface area contributed by atoms with Gasteiger partial charge in [0.2, 0.25) is 0 Å². The molecule has 2 N–H and O–H groups in total. The van der Waals surface area contributed by atoms with Crippen LogP contribution in [0.4, 0.5) is 0 Å². The lowest BCUT2D eigenvalue weighted by Gasteiger charge is -2.23. The van der Waals surface area contributed by atoms with Crippen molar-refractivity contribution in [3.8, 4) is 5.75 Å². The number of nitrogens with zero attached hydrogens (tertiary/aromatic N) is 1. The molecule has 1 saturated heterocycles. The minimum Gasteiger partial charge on any atom is -0.496 e. The number of nitrogens with one attached hydrogen (secondary N) is 2. The molecule has 0 aliphatic carbocycles. The van der Waals surface area contributed by atoms with Gasteiger partial charge in [-0.2, -0.15) is 0 Å². The van der Waals surface area contributed by atoms with Crippen molar-refractivity contribution in [2.45, 2.75) is 26.1 Å². The maximum absolute atomic E-state index is 5.37. The van der Waals surface area contributed by atoms with Crippen LogP contribution in [0.3, 0.4) is 0 Å². The van der Waals surface area contributed by atoms with Gasteiger partial charge in [-0.05, 0) is 31.7 Å². The van der Waals surface area contributed by atoms with E-state index in [1.54, 1.807) is 14.2 Å². The van der Waals surface area contributed by atoms with Gasteiger partial charge in [0, 0.05) is 44.3 Å². The van der Waals surface area contributed by atoms with Crippen molar-refractivity contribution >= 4 is 0 Å². The maximum Gasteiger partial charge on any atom is 0.124 e. The molecule has 0 bridgehead atoms. The number of hydrogen-bond acceptors (Lipinski definition) is 5. The van der Waals surface area contributed by atoms with Crippen LogP contribution in [0.2, 0.25) is 0 Å². The van der Waals surface area contributed by atoms with Crippen LogP contribution >= 0.6 is 0 Å². The third-order valence-corrected chi connectivity index (χ3v) is 4.04. The van der Waals surface area contributed by atoms with Crippen LogP contribution in [-0.2, 0) is 17.9 Å². The second kappa shape index (κ2) is 7.75. The quantitative estimate of drug-likeness (QED) is 0.795. The average Bonchev–Trinajstić information content (AvgIpc) is 2.85. The molecule has 2 unspecified atom stereocenters. The van der Waals surface area contributed by atoms with Crippen LogP contribution in [0, 0.1) is 5.92 Å². The fraction of sp³-hybridized carbons (Fsp3) is 0.625. The van der Waals surface area contributed by atoms with E-state index in [0.717, 1.165) is 30.9 Å². The van der Waals surface area contributed by atoms with E-state index in [4.69, 9.17) is 9.47 Å². The number of methoxy groups -OCH3 is 2. The number of rotatable bonds is 7. The average molecular weight is 293 g/mol. The number of ether oxygens (including phenoxy) is 2. The first-order valence-corrected chi connectivity index (χ1v) is 7.45. The van der Waals surface area contributed by atoms with E-state index < -0.39 is 0 Å². The third kappa shape index (κ3) is 4.41. The van der Waals surface area contributed by atoms with E-state index in [9.17, 15) is 0 Å². The van der Waals surface area contributed by atoms with E-state index in [0.29, 0.717) is 18.6 Å². The van der Waals surface area contributed by atoms with Crippen LogP contribution in [0.5, 0.6) is 5.75 Å². The van der Waals surface area contributed by atoms with Gasteiger partial charge in [-0.1, -0.05) is 6.07 Å². The van der Waals surface area contributed by atoms with Crippen LogP contribution in [-0.4, -0.2) is 45.3 Å². The highest BCUT2D eigenvalue weighted by molar-refractivity contribution is 5.36. The van der Waals surface area contributed by atoms with E-state index in [2.05, 4.69) is 41.9 Å². The lowest BCUT2D eigenvalue weighted by atomic mass is 10.0. The monoisotopic (exact) mass is 293 g/mol. The number of benzene rings is 1. The Bertz CT molecular complexity index is 453. The lowest BCUT2D eigenvalue weighted by molar-refractivity contribution is 0.181. The van der Waals surface area contributed by atoms with Crippen molar-refractivity contribution in [3.63, 3.8) is 0 Å². The Balaban J connectivity index is 1.96. The molecule has 0 amide bonds. The van der Waals surface area contributed by atoms with Gasteiger partial charge in [-0.3, -0.25) is 10.9 Å². The summed E-state index contributed by atoms with van der Waals surface area (Å²) < 4.78 is 10.6. The predicted molar refractivity (Wildman–Crippen MR) is 84.1 cm³/mol. The maximum atomic E-state index is 5.37. The van der Waals surface area contributed by atoms with E-state index in [1.165, 1.54) is 5.56 Å². The van der Waals surface area contributed by atoms with E-state index in [1.807, 2.05) is 6.07 Å². The second-order valence-electron chi connectivity index (χ2n) is 5.85. The Morgan fingerprint density at radius 3 is 2.76 bits per heavy atom. The molecule has 21 heavy (non-hydrogen) atoms. The lowest BCUT2D eigenvalue weighted by Crippen LogP contribution is -2.33. The van der Waals surface area contributed by atoms with Crippen molar-refractivity contribution in [3.05, 3.63) is 29.3 Å². The molecule has 1 aromatic rings. The van der Waals surface area contributed by atoms with Gasteiger partial charge < -0.3 is 14.4 Å². The molecular weight excluding hydrogens is 266 g/mol. The van der Waals surface area contributed by atoms with Gasteiger partial charge in [0.05, 0.1) is 13.7 Å². The fourth-order valence-corrected chi connectivity index (χ4v) is 2.84. The zero-order valence-electron chi connectivity index (χ0n) is 13.5. The molecule has 1 aliphatic heterocycles.